The fourth-order valence-electron chi connectivity index (χ4n) is 1.44. The van der Waals surface area contributed by atoms with Crippen LogP contribution in [0.15, 0.2) is 18.2 Å². The predicted molar refractivity (Wildman–Crippen MR) is 74.8 cm³/mol. The normalized spacial score (nSPS) is 13.1. The van der Waals surface area contributed by atoms with Crippen LogP contribution in [0.2, 0.25) is 0 Å². The summed E-state index contributed by atoms with van der Waals surface area (Å²) in [6.45, 7) is 0.394. The summed E-state index contributed by atoms with van der Waals surface area (Å²) in [5.41, 5.74) is 4.70. The van der Waals surface area contributed by atoms with E-state index in [-0.39, 0.29) is 10.6 Å². The fraction of sp³-hybridized carbons (Fsp3) is 0.364. The molecule has 0 fully saturated rings. The van der Waals surface area contributed by atoms with E-state index < -0.39 is 22.5 Å². The van der Waals surface area contributed by atoms with Gasteiger partial charge >= 0.3 is 6.18 Å². The summed E-state index contributed by atoms with van der Waals surface area (Å²) in [6.07, 6.45) is -2.95. The van der Waals surface area contributed by atoms with Crippen LogP contribution in [0.4, 0.5) is 18.9 Å². The smallest absolute Gasteiger partial charge is 0.389 e. The number of rotatable bonds is 5. The van der Waals surface area contributed by atoms with Gasteiger partial charge in [-0.3, -0.25) is 4.21 Å². The van der Waals surface area contributed by atoms with Crippen LogP contribution in [0.5, 0.6) is 0 Å². The van der Waals surface area contributed by atoms with Crippen molar-refractivity contribution in [3.05, 3.63) is 29.3 Å². The third-order valence-corrected chi connectivity index (χ3v) is 3.31. The Morgan fingerprint density at radius 2 is 2.11 bits per heavy atom. The topological polar surface area (TPSA) is 55.1 Å². The Balaban J connectivity index is 2.97. The number of hydrogen-bond donors (Lipinski definition) is 2. The molecule has 1 atom stereocenters. The molecule has 0 aliphatic rings. The number of halogens is 3. The second-order valence-electron chi connectivity index (χ2n) is 3.83. The summed E-state index contributed by atoms with van der Waals surface area (Å²) in [7, 11) is -0.965. The van der Waals surface area contributed by atoms with Crippen molar-refractivity contribution in [3.8, 4) is 0 Å². The Kier molecular flexibility index (Phi) is 5.30. The molecule has 1 aromatic rings. The summed E-state index contributed by atoms with van der Waals surface area (Å²) >= 11 is 4.63. The first kappa shape index (κ1) is 15.9. The van der Waals surface area contributed by atoms with Gasteiger partial charge in [-0.25, -0.2) is 0 Å². The minimum atomic E-state index is -4.50. The number of benzene rings is 1. The zero-order chi connectivity index (χ0) is 14.6. The molecule has 19 heavy (non-hydrogen) atoms. The van der Waals surface area contributed by atoms with Crippen LogP contribution < -0.4 is 11.1 Å². The Labute approximate surface area is 116 Å². The zero-order valence-corrected chi connectivity index (χ0v) is 11.7. The first-order chi connectivity index (χ1) is 8.71. The average Bonchev–Trinajstić information content (AvgIpc) is 2.26. The van der Waals surface area contributed by atoms with Crippen LogP contribution in [0, 0.1) is 0 Å². The van der Waals surface area contributed by atoms with E-state index >= 15 is 0 Å². The van der Waals surface area contributed by atoms with Crippen molar-refractivity contribution in [2.75, 3.05) is 23.9 Å². The van der Waals surface area contributed by atoms with Crippen LogP contribution in [0.3, 0.4) is 0 Å². The number of anilines is 1. The highest BCUT2D eigenvalue weighted by molar-refractivity contribution is 7.84. The average molecular weight is 310 g/mol. The Morgan fingerprint density at radius 3 is 2.58 bits per heavy atom. The summed E-state index contributed by atoms with van der Waals surface area (Å²) in [4.78, 5) is -0.310. The van der Waals surface area contributed by atoms with Crippen LogP contribution in [-0.4, -0.2) is 27.8 Å². The molecule has 0 aliphatic heterocycles. The van der Waals surface area contributed by atoms with Crippen molar-refractivity contribution < 1.29 is 17.4 Å². The molecule has 0 saturated heterocycles. The highest BCUT2D eigenvalue weighted by Gasteiger charge is 2.33. The number of nitrogens with one attached hydrogen (secondary N) is 1. The van der Waals surface area contributed by atoms with Gasteiger partial charge in [0.25, 0.3) is 0 Å². The molecule has 106 valence electrons. The Hall–Kier alpha value is -1.15. The van der Waals surface area contributed by atoms with E-state index in [0.717, 1.165) is 6.07 Å². The molecule has 0 heterocycles. The number of hydrogen-bond acceptors (Lipinski definition) is 3. The molecule has 1 unspecified atom stereocenters. The minimum absolute atomic E-state index is 0.217. The Bertz CT molecular complexity index is 503. The van der Waals surface area contributed by atoms with Crippen molar-refractivity contribution in [3.63, 3.8) is 0 Å². The van der Waals surface area contributed by atoms with Crippen molar-refractivity contribution >= 4 is 33.7 Å². The molecule has 8 heteroatoms. The van der Waals surface area contributed by atoms with Crippen molar-refractivity contribution in [1.29, 1.82) is 0 Å². The number of alkyl halides is 3. The molecule has 3 N–H and O–H groups in total. The number of nitrogens with two attached hydrogens (primary N) is 1. The molecule has 0 bridgehead atoms. The second kappa shape index (κ2) is 6.33. The van der Waals surface area contributed by atoms with Gasteiger partial charge in [0.05, 0.1) is 5.56 Å². The molecule has 0 aromatic heterocycles. The molecule has 0 radical (unpaired) electrons. The van der Waals surface area contributed by atoms with Gasteiger partial charge < -0.3 is 11.1 Å². The predicted octanol–water partition coefficient (Wildman–Crippen LogP) is 2.13. The van der Waals surface area contributed by atoms with Crippen LogP contribution in [0.25, 0.3) is 0 Å². The second-order valence-corrected chi connectivity index (χ2v) is 5.82. The van der Waals surface area contributed by atoms with Gasteiger partial charge in [-0.05, 0) is 18.2 Å². The standard InChI is InChI=1S/C11H13F3N2OS2/c1-19(17)5-4-16-7-2-3-9(11(12,13)14)8(6-7)10(15)18/h2-3,6,16H,4-5H2,1H3,(H2,15,18). The first-order valence-electron chi connectivity index (χ1n) is 5.26. The molecule has 1 aromatic carbocycles. The van der Waals surface area contributed by atoms with E-state index in [1.807, 2.05) is 0 Å². The minimum Gasteiger partial charge on any atom is -0.389 e. The zero-order valence-electron chi connectivity index (χ0n) is 10.1. The van der Waals surface area contributed by atoms with Crippen molar-refractivity contribution in [2.24, 2.45) is 5.73 Å². The number of thiocarbonyl (C=S) groups is 1. The molecule has 0 spiro atoms. The van der Waals surface area contributed by atoms with Gasteiger partial charge in [-0.1, -0.05) is 12.2 Å². The maximum atomic E-state index is 12.7. The largest absolute Gasteiger partial charge is 0.417 e. The molecular formula is C11H13F3N2OS2. The lowest BCUT2D eigenvalue weighted by atomic mass is 10.1. The van der Waals surface area contributed by atoms with E-state index in [4.69, 9.17) is 5.73 Å². The van der Waals surface area contributed by atoms with Gasteiger partial charge in [0.15, 0.2) is 0 Å². The molecular weight excluding hydrogens is 297 g/mol. The maximum Gasteiger partial charge on any atom is 0.417 e. The molecule has 0 saturated carbocycles. The Morgan fingerprint density at radius 1 is 1.47 bits per heavy atom. The highest BCUT2D eigenvalue weighted by Crippen LogP contribution is 2.33. The van der Waals surface area contributed by atoms with Gasteiger partial charge in [0.1, 0.15) is 4.99 Å². The summed E-state index contributed by atoms with van der Waals surface area (Å²) in [6, 6.07) is 3.48. The third-order valence-electron chi connectivity index (χ3n) is 2.31. The lowest BCUT2D eigenvalue weighted by Gasteiger charge is -2.14. The molecule has 1 rings (SSSR count). The lowest BCUT2D eigenvalue weighted by Crippen LogP contribution is -2.18. The van der Waals surface area contributed by atoms with E-state index in [0.29, 0.717) is 18.0 Å². The van der Waals surface area contributed by atoms with E-state index in [2.05, 4.69) is 17.5 Å². The van der Waals surface area contributed by atoms with Gasteiger partial charge in [-0.2, -0.15) is 13.2 Å². The lowest BCUT2D eigenvalue weighted by molar-refractivity contribution is -0.137. The van der Waals surface area contributed by atoms with Gasteiger partial charge in [0.2, 0.25) is 0 Å². The van der Waals surface area contributed by atoms with Crippen LogP contribution in [0.1, 0.15) is 11.1 Å². The van der Waals surface area contributed by atoms with E-state index in [1.54, 1.807) is 6.26 Å². The quantitative estimate of drug-likeness (QED) is 0.818. The SMILES string of the molecule is CS(=O)CCNc1ccc(C(F)(F)F)c(C(N)=S)c1. The van der Waals surface area contributed by atoms with Gasteiger partial charge in [-0.15, -0.1) is 0 Å². The van der Waals surface area contributed by atoms with E-state index in [1.165, 1.54) is 12.1 Å². The van der Waals surface area contributed by atoms with Crippen LogP contribution >= 0.6 is 12.2 Å². The summed E-state index contributed by atoms with van der Waals surface area (Å²) < 4.78 is 49.0. The molecule has 0 amide bonds. The van der Waals surface area contributed by atoms with Crippen molar-refractivity contribution in [2.45, 2.75) is 6.18 Å². The summed E-state index contributed by atoms with van der Waals surface area (Å²) in [5, 5.41) is 2.87. The van der Waals surface area contributed by atoms with Crippen LogP contribution in [-0.2, 0) is 17.0 Å². The van der Waals surface area contributed by atoms with Crippen molar-refractivity contribution in [1.82, 2.24) is 0 Å². The third kappa shape index (κ3) is 4.79. The summed E-state index contributed by atoms with van der Waals surface area (Å²) in [5.74, 6) is 0.406. The highest BCUT2D eigenvalue weighted by atomic mass is 32.2. The van der Waals surface area contributed by atoms with Gasteiger partial charge in [0, 0.05) is 40.6 Å². The van der Waals surface area contributed by atoms with E-state index in [9.17, 15) is 17.4 Å². The molecule has 3 nitrogen and oxygen atoms in total. The molecule has 0 aliphatic carbocycles. The first-order valence-corrected chi connectivity index (χ1v) is 7.40. The maximum absolute atomic E-state index is 12.7. The fourth-order valence-corrected chi connectivity index (χ4v) is 2.00. The monoisotopic (exact) mass is 310 g/mol.